The Labute approximate surface area is 195 Å². The molecule has 1 atom stereocenters. The molecule has 0 bridgehead atoms. The maximum absolute atomic E-state index is 12.8. The largest absolute Gasteiger partial charge is 0.497 e. The van der Waals surface area contributed by atoms with Crippen molar-refractivity contribution in [2.45, 2.75) is 13.0 Å². The summed E-state index contributed by atoms with van der Waals surface area (Å²) in [7, 11) is 2.89. The van der Waals surface area contributed by atoms with Gasteiger partial charge in [0.15, 0.2) is 0 Å². The standard InChI is InChI=1S/C23H23ClN2O7/c1-4-32-22(28)19-17(25-23(29)26-20(19)13-5-7-14(24)8-6-13)12-33-21(27)16-11-15(30-2)9-10-18(16)31-3/h5-11,20H,4,12H2,1-3H3,(H2,25,26,29)/t20-/m1/s1. The van der Waals surface area contributed by atoms with Crippen molar-refractivity contribution in [3.05, 3.63) is 69.9 Å². The number of esters is 2. The zero-order valence-corrected chi connectivity index (χ0v) is 19.0. The minimum absolute atomic E-state index is 0.104. The van der Waals surface area contributed by atoms with Crippen molar-refractivity contribution in [3.8, 4) is 11.5 Å². The first kappa shape index (κ1) is 23.9. The fourth-order valence-corrected chi connectivity index (χ4v) is 3.40. The summed E-state index contributed by atoms with van der Waals surface area (Å²) in [6, 6.07) is 9.95. The highest BCUT2D eigenvalue weighted by Crippen LogP contribution is 2.29. The fraction of sp³-hybridized carbons (Fsp3) is 0.261. The number of amides is 2. The highest BCUT2D eigenvalue weighted by Gasteiger charge is 2.34. The molecule has 2 amide bonds. The number of carbonyl (C=O) groups is 3. The normalized spacial score (nSPS) is 15.3. The van der Waals surface area contributed by atoms with Crippen LogP contribution in [0.5, 0.6) is 11.5 Å². The summed E-state index contributed by atoms with van der Waals surface area (Å²) < 4.78 is 21.0. The summed E-state index contributed by atoms with van der Waals surface area (Å²) in [5, 5.41) is 5.74. The Hall–Kier alpha value is -3.72. The van der Waals surface area contributed by atoms with Gasteiger partial charge in [-0.15, -0.1) is 0 Å². The third-order valence-corrected chi connectivity index (χ3v) is 5.08. The van der Waals surface area contributed by atoms with Crippen LogP contribution in [0.15, 0.2) is 53.7 Å². The van der Waals surface area contributed by atoms with E-state index in [2.05, 4.69) is 10.6 Å². The van der Waals surface area contributed by atoms with Crippen LogP contribution >= 0.6 is 11.6 Å². The topological polar surface area (TPSA) is 112 Å². The molecule has 0 aliphatic carbocycles. The van der Waals surface area contributed by atoms with Gasteiger partial charge in [-0.05, 0) is 42.8 Å². The first-order valence-electron chi connectivity index (χ1n) is 10.00. The van der Waals surface area contributed by atoms with Gasteiger partial charge in [0, 0.05) is 5.02 Å². The average molecular weight is 475 g/mol. The molecule has 174 valence electrons. The molecular formula is C23H23ClN2O7. The van der Waals surface area contributed by atoms with Crippen molar-refractivity contribution in [1.29, 1.82) is 0 Å². The Morgan fingerprint density at radius 3 is 2.36 bits per heavy atom. The number of hydrogen-bond donors (Lipinski definition) is 2. The Kier molecular flexibility index (Phi) is 7.78. The molecule has 1 heterocycles. The number of benzene rings is 2. The molecule has 3 rings (SSSR count). The van der Waals surface area contributed by atoms with Gasteiger partial charge in [0.2, 0.25) is 0 Å². The van der Waals surface area contributed by atoms with Crippen molar-refractivity contribution in [2.24, 2.45) is 0 Å². The van der Waals surface area contributed by atoms with Crippen LogP contribution in [0.4, 0.5) is 4.79 Å². The van der Waals surface area contributed by atoms with Crippen molar-refractivity contribution >= 4 is 29.6 Å². The van der Waals surface area contributed by atoms with E-state index in [1.54, 1.807) is 43.3 Å². The number of nitrogens with one attached hydrogen (secondary N) is 2. The molecule has 10 heteroatoms. The van der Waals surface area contributed by atoms with Gasteiger partial charge < -0.3 is 29.6 Å². The third-order valence-electron chi connectivity index (χ3n) is 4.83. The molecule has 2 aromatic rings. The Bertz CT molecular complexity index is 1080. The SMILES string of the molecule is CCOC(=O)C1=C(COC(=O)c2cc(OC)ccc2OC)NC(=O)N[C@@H]1c1ccc(Cl)cc1. The second-order valence-electron chi connectivity index (χ2n) is 6.84. The molecule has 0 spiro atoms. The minimum atomic E-state index is -0.824. The molecule has 9 nitrogen and oxygen atoms in total. The number of methoxy groups -OCH3 is 2. The summed E-state index contributed by atoms with van der Waals surface area (Å²) in [4.78, 5) is 37.9. The van der Waals surface area contributed by atoms with E-state index in [0.29, 0.717) is 16.3 Å². The lowest BCUT2D eigenvalue weighted by atomic mass is 9.95. The quantitative estimate of drug-likeness (QED) is 0.564. The van der Waals surface area contributed by atoms with E-state index in [4.69, 9.17) is 30.5 Å². The molecule has 0 saturated carbocycles. The lowest BCUT2D eigenvalue weighted by molar-refractivity contribution is -0.139. The third kappa shape index (κ3) is 5.56. The summed E-state index contributed by atoms with van der Waals surface area (Å²) >= 11 is 5.97. The number of hydrogen-bond acceptors (Lipinski definition) is 7. The molecule has 1 aliphatic rings. The number of halogens is 1. The van der Waals surface area contributed by atoms with Gasteiger partial charge >= 0.3 is 18.0 Å². The number of urea groups is 1. The highest BCUT2D eigenvalue weighted by atomic mass is 35.5. The van der Waals surface area contributed by atoms with Crippen LogP contribution in [0.25, 0.3) is 0 Å². The van der Waals surface area contributed by atoms with Gasteiger partial charge in [-0.25, -0.2) is 14.4 Å². The van der Waals surface area contributed by atoms with Gasteiger partial charge in [-0.3, -0.25) is 0 Å². The molecule has 1 aliphatic heterocycles. The Balaban J connectivity index is 1.94. The number of rotatable bonds is 8. The number of ether oxygens (including phenoxy) is 4. The molecule has 0 fully saturated rings. The fourth-order valence-electron chi connectivity index (χ4n) is 3.28. The Morgan fingerprint density at radius 1 is 1.00 bits per heavy atom. The van der Waals surface area contributed by atoms with E-state index in [-0.39, 0.29) is 35.8 Å². The van der Waals surface area contributed by atoms with Crippen LogP contribution in [0.1, 0.15) is 28.9 Å². The van der Waals surface area contributed by atoms with Crippen molar-refractivity contribution in [1.82, 2.24) is 10.6 Å². The second-order valence-corrected chi connectivity index (χ2v) is 7.27. The van der Waals surface area contributed by atoms with Gasteiger partial charge in [0.25, 0.3) is 0 Å². The van der Waals surface area contributed by atoms with E-state index < -0.39 is 24.0 Å². The van der Waals surface area contributed by atoms with Gasteiger partial charge in [-0.1, -0.05) is 23.7 Å². The first-order valence-corrected chi connectivity index (χ1v) is 10.4. The van der Waals surface area contributed by atoms with Crippen LogP contribution < -0.4 is 20.1 Å². The van der Waals surface area contributed by atoms with Crippen LogP contribution in [-0.2, 0) is 14.3 Å². The predicted octanol–water partition coefficient (Wildman–Crippen LogP) is 3.39. The van der Waals surface area contributed by atoms with Crippen LogP contribution in [-0.4, -0.2) is 45.4 Å². The molecule has 2 N–H and O–H groups in total. The average Bonchev–Trinajstić information content (AvgIpc) is 2.82. The zero-order valence-electron chi connectivity index (χ0n) is 18.3. The van der Waals surface area contributed by atoms with Gasteiger partial charge in [-0.2, -0.15) is 0 Å². The van der Waals surface area contributed by atoms with Gasteiger partial charge in [0.1, 0.15) is 23.7 Å². The van der Waals surface area contributed by atoms with E-state index in [9.17, 15) is 14.4 Å². The summed E-state index contributed by atoms with van der Waals surface area (Å²) in [6.07, 6.45) is 0. The van der Waals surface area contributed by atoms with Crippen LogP contribution in [0.2, 0.25) is 5.02 Å². The highest BCUT2D eigenvalue weighted by molar-refractivity contribution is 6.30. The molecular weight excluding hydrogens is 452 g/mol. The molecule has 0 aromatic heterocycles. The van der Waals surface area contributed by atoms with Crippen LogP contribution in [0.3, 0.4) is 0 Å². The number of carbonyl (C=O) groups excluding carboxylic acids is 3. The predicted molar refractivity (Wildman–Crippen MR) is 119 cm³/mol. The Morgan fingerprint density at radius 2 is 1.73 bits per heavy atom. The lowest BCUT2D eigenvalue weighted by Gasteiger charge is -2.29. The zero-order chi connectivity index (χ0) is 24.0. The minimum Gasteiger partial charge on any atom is -0.497 e. The molecule has 2 aromatic carbocycles. The summed E-state index contributed by atoms with van der Waals surface area (Å²) in [5.41, 5.74) is 0.955. The summed E-state index contributed by atoms with van der Waals surface area (Å²) in [6.45, 7) is 1.40. The van der Waals surface area contributed by atoms with Gasteiger partial charge in [0.05, 0.1) is 38.1 Å². The molecule has 0 unspecified atom stereocenters. The second kappa shape index (κ2) is 10.7. The maximum Gasteiger partial charge on any atom is 0.342 e. The van der Waals surface area contributed by atoms with Crippen molar-refractivity contribution in [2.75, 3.05) is 27.4 Å². The van der Waals surface area contributed by atoms with E-state index in [1.807, 2.05) is 0 Å². The first-order chi connectivity index (χ1) is 15.9. The summed E-state index contributed by atoms with van der Waals surface area (Å²) in [5.74, 6) is -0.659. The van der Waals surface area contributed by atoms with E-state index in [1.165, 1.54) is 20.3 Å². The van der Waals surface area contributed by atoms with Crippen molar-refractivity contribution in [3.63, 3.8) is 0 Å². The molecule has 33 heavy (non-hydrogen) atoms. The van der Waals surface area contributed by atoms with Crippen LogP contribution in [0, 0.1) is 0 Å². The monoisotopic (exact) mass is 474 g/mol. The smallest absolute Gasteiger partial charge is 0.342 e. The van der Waals surface area contributed by atoms with Crippen molar-refractivity contribution < 1.29 is 33.3 Å². The molecule has 0 radical (unpaired) electrons. The van der Waals surface area contributed by atoms with E-state index in [0.717, 1.165) is 0 Å². The lowest BCUT2D eigenvalue weighted by Crippen LogP contribution is -2.47. The maximum atomic E-state index is 12.8. The molecule has 0 saturated heterocycles. The van der Waals surface area contributed by atoms with E-state index >= 15 is 0 Å².